The highest BCUT2D eigenvalue weighted by Gasteiger charge is 2.37. The van der Waals surface area contributed by atoms with Gasteiger partial charge < -0.3 is 15.2 Å². The molecule has 0 radical (unpaired) electrons. The van der Waals surface area contributed by atoms with Crippen LogP contribution < -0.4 is 10.1 Å². The molecule has 0 aliphatic heterocycles. The molecule has 6 heteroatoms. The Morgan fingerprint density at radius 2 is 1.95 bits per heavy atom. The van der Waals surface area contributed by atoms with Crippen molar-refractivity contribution in [3.05, 3.63) is 28.8 Å². The summed E-state index contributed by atoms with van der Waals surface area (Å²) in [5.41, 5.74) is -1.02. The lowest BCUT2D eigenvalue weighted by Crippen LogP contribution is -2.53. The quantitative estimate of drug-likeness (QED) is 0.847. The maximum Gasteiger partial charge on any atom is 0.329 e. The molecule has 0 aliphatic rings. The molecule has 1 amide bonds. The monoisotopic (exact) mass is 299 g/mol. The summed E-state index contributed by atoms with van der Waals surface area (Å²) in [4.78, 5) is 23.7. The van der Waals surface area contributed by atoms with E-state index in [0.717, 1.165) is 0 Å². The minimum absolute atomic E-state index is 0.254. The molecule has 0 unspecified atom stereocenters. The van der Waals surface area contributed by atoms with Crippen molar-refractivity contribution in [2.75, 3.05) is 7.11 Å². The first-order valence-corrected chi connectivity index (χ1v) is 6.67. The van der Waals surface area contributed by atoms with E-state index in [4.69, 9.17) is 16.3 Å². The molecule has 2 N–H and O–H groups in total. The predicted octanol–water partition coefficient (Wildman–Crippen LogP) is 2.72. The summed E-state index contributed by atoms with van der Waals surface area (Å²) in [5, 5.41) is 12.3. The van der Waals surface area contributed by atoms with Gasteiger partial charge in [0.05, 0.1) is 12.7 Å². The van der Waals surface area contributed by atoms with Crippen LogP contribution in [0.4, 0.5) is 0 Å². The van der Waals surface area contributed by atoms with Crippen molar-refractivity contribution in [2.24, 2.45) is 0 Å². The molecule has 0 saturated carbocycles. The number of rotatable bonds is 6. The maximum absolute atomic E-state index is 12.3. The normalized spacial score (nSPS) is 11.0. The summed E-state index contributed by atoms with van der Waals surface area (Å²) in [6.45, 7) is 3.44. The van der Waals surface area contributed by atoms with Gasteiger partial charge in [-0.2, -0.15) is 0 Å². The summed E-state index contributed by atoms with van der Waals surface area (Å²) < 4.78 is 5.10. The van der Waals surface area contributed by atoms with Crippen LogP contribution in [-0.4, -0.2) is 29.6 Å². The van der Waals surface area contributed by atoms with Crippen LogP contribution in [0.15, 0.2) is 18.2 Å². The van der Waals surface area contributed by atoms with Gasteiger partial charge in [0.15, 0.2) is 0 Å². The van der Waals surface area contributed by atoms with Crippen molar-refractivity contribution in [3.63, 3.8) is 0 Å². The number of halogens is 1. The summed E-state index contributed by atoms with van der Waals surface area (Å²) in [6, 6.07) is 4.57. The van der Waals surface area contributed by atoms with Crippen LogP contribution in [0.2, 0.25) is 5.02 Å². The topological polar surface area (TPSA) is 75.6 Å². The summed E-state index contributed by atoms with van der Waals surface area (Å²) in [7, 11) is 1.42. The second-order valence-corrected chi connectivity index (χ2v) is 4.83. The first-order valence-electron chi connectivity index (χ1n) is 6.29. The van der Waals surface area contributed by atoms with Crippen molar-refractivity contribution in [2.45, 2.75) is 32.2 Å². The number of hydrogen-bond donors (Lipinski definition) is 2. The van der Waals surface area contributed by atoms with Gasteiger partial charge >= 0.3 is 5.97 Å². The number of nitrogens with one attached hydrogen (secondary N) is 1. The predicted molar refractivity (Wildman–Crippen MR) is 76.4 cm³/mol. The number of carbonyl (C=O) groups is 2. The van der Waals surface area contributed by atoms with E-state index in [1.807, 2.05) is 0 Å². The fourth-order valence-corrected chi connectivity index (χ4v) is 2.08. The number of ether oxygens (including phenoxy) is 1. The Morgan fingerprint density at radius 3 is 2.40 bits per heavy atom. The molecular weight excluding hydrogens is 282 g/mol. The van der Waals surface area contributed by atoms with E-state index in [9.17, 15) is 14.7 Å². The molecule has 1 aromatic carbocycles. The van der Waals surface area contributed by atoms with Crippen molar-refractivity contribution in [1.82, 2.24) is 5.32 Å². The molecule has 0 bridgehead atoms. The number of carbonyl (C=O) groups excluding carboxylic acids is 1. The SMILES string of the molecule is CCC(CC)(NC(=O)c1ccc(Cl)cc1OC)C(=O)O. The lowest BCUT2D eigenvalue weighted by Gasteiger charge is -2.28. The molecular formula is C14H18ClNO4. The van der Waals surface area contributed by atoms with Gasteiger partial charge in [-0.05, 0) is 31.0 Å². The third-order valence-corrected chi connectivity index (χ3v) is 3.61. The third-order valence-electron chi connectivity index (χ3n) is 3.38. The van der Waals surface area contributed by atoms with Crippen molar-refractivity contribution >= 4 is 23.5 Å². The van der Waals surface area contributed by atoms with E-state index in [1.54, 1.807) is 19.9 Å². The standard InChI is InChI=1S/C14H18ClNO4/c1-4-14(5-2,13(18)19)16-12(17)10-7-6-9(15)8-11(10)20-3/h6-8H,4-5H2,1-3H3,(H,16,17)(H,18,19). The smallest absolute Gasteiger partial charge is 0.329 e. The van der Waals surface area contributed by atoms with Crippen LogP contribution in [-0.2, 0) is 4.79 Å². The van der Waals surface area contributed by atoms with E-state index >= 15 is 0 Å². The van der Waals surface area contributed by atoms with Gasteiger partial charge in [0.25, 0.3) is 5.91 Å². The lowest BCUT2D eigenvalue weighted by atomic mass is 9.92. The molecule has 0 spiro atoms. The van der Waals surface area contributed by atoms with Gasteiger partial charge in [-0.25, -0.2) is 4.79 Å². The van der Waals surface area contributed by atoms with Gasteiger partial charge in [0, 0.05) is 5.02 Å². The van der Waals surface area contributed by atoms with Crippen LogP contribution >= 0.6 is 11.6 Å². The highest BCUT2D eigenvalue weighted by Crippen LogP contribution is 2.24. The largest absolute Gasteiger partial charge is 0.496 e. The molecule has 20 heavy (non-hydrogen) atoms. The average Bonchev–Trinajstić information content (AvgIpc) is 2.43. The zero-order valence-electron chi connectivity index (χ0n) is 11.7. The first-order chi connectivity index (χ1) is 9.40. The Morgan fingerprint density at radius 1 is 1.35 bits per heavy atom. The number of aliphatic carboxylic acids is 1. The Kier molecular flexibility index (Phi) is 5.39. The van der Waals surface area contributed by atoms with Crippen LogP contribution in [0.25, 0.3) is 0 Å². The number of benzene rings is 1. The van der Waals surface area contributed by atoms with Gasteiger partial charge in [-0.15, -0.1) is 0 Å². The summed E-state index contributed by atoms with van der Waals surface area (Å²) in [5.74, 6) is -1.24. The molecule has 1 aromatic rings. The van der Waals surface area contributed by atoms with Crippen molar-refractivity contribution < 1.29 is 19.4 Å². The maximum atomic E-state index is 12.3. The number of methoxy groups -OCH3 is 1. The van der Waals surface area contributed by atoms with Gasteiger partial charge in [0.1, 0.15) is 11.3 Å². The van der Waals surface area contributed by atoms with Crippen LogP contribution in [0.1, 0.15) is 37.0 Å². The number of amides is 1. The summed E-state index contributed by atoms with van der Waals surface area (Å²) >= 11 is 5.83. The number of hydrogen-bond acceptors (Lipinski definition) is 3. The number of carboxylic acid groups (broad SMARTS) is 1. The Balaban J connectivity index is 3.10. The molecule has 0 aliphatic carbocycles. The molecule has 0 saturated heterocycles. The molecule has 0 atom stereocenters. The number of carboxylic acids is 1. The van der Waals surface area contributed by atoms with Gasteiger partial charge in [-0.3, -0.25) is 4.79 Å². The second kappa shape index (κ2) is 6.61. The molecule has 0 heterocycles. The van der Waals surface area contributed by atoms with E-state index < -0.39 is 17.4 Å². The van der Waals surface area contributed by atoms with Gasteiger partial charge in [-0.1, -0.05) is 25.4 Å². The van der Waals surface area contributed by atoms with Crippen molar-refractivity contribution in [1.29, 1.82) is 0 Å². The van der Waals surface area contributed by atoms with Gasteiger partial charge in [0.2, 0.25) is 0 Å². The van der Waals surface area contributed by atoms with E-state index in [1.165, 1.54) is 19.2 Å². The Hall–Kier alpha value is -1.75. The van der Waals surface area contributed by atoms with E-state index in [-0.39, 0.29) is 5.56 Å². The molecule has 1 rings (SSSR count). The Labute approximate surface area is 122 Å². The minimum atomic E-state index is -1.28. The molecule has 0 aromatic heterocycles. The molecule has 110 valence electrons. The third kappa shape index (κ3) is 3.22. The summed E-state index contributed by atoms with van der Waals surface area (Å²) in [6.07, 6.45) is 0.584. The zero-order valence-corrected chi connectivity index (χ0v) is 12.5. The average molecular weight is 300 g/mol. The highest BCUT2D eigenvalue weighted by atomic mass is 35.5. The minimum Gasteiger partial charge on any atom is -0.496 e. The first kappa shape index (κ1) is 16.3. The Bertz CT molecular complexity index is 512. The second-order valence-electron chi connectivity index (χ2n) is 4.39. The fraction of sp³-hybridized carbons (Fsp3) is 0.429. The molecule has 5 nitrogen and oxygen atoms in total. The van der Waals surface area contributed by atoms with E-state index in [2.05, 4.69) is 5.32 Å². The molecule has 0 fully saturated rings. The highest BCUT2D eigenvalue weighted by molar-refractivity contribution is 6.30. The van der Waals surface area contributed by atoms with Crippen LogP contribution in [0.5, 0.6) is 5.75 Å². The lowest BCUT2D eigenvalue weighted by molar-refractivity contribution is -0.144. The van der Waals surface area contributed by atoms with Crippen LogP contribution in [0.3, 0.4) is 0 Å². The van der Waals surface area contributed by atoms with E-state index in [0.29, 0.717) is 23.6 Å². The van der Waals surface area contributed by atoms with Crippen LogP contribution in [0, 0.1) is 0 Å². The fourth-order valence-electron chi connectivity index (χ4n) is 1.92. The zero-order chi connectivity index (χ0) is 15.3. The van der Waals surface area contributed by atoms with Crippen molar-refractivity contribution in [3.8, 4) is 5.75 Å².